The summed E-state index contributed by atoms with van der Waals surface area (Å²) in [5.41, 5.74) is 0.277. The molecule has 2 aliphatic rings. The largest absolute Gasteiger partial charge is 0.497 e. The minimum atomic E-state index is -3.31. The number of nitrogens with zero attached hydrogens (tertiary/aromatic N) is 2. The molecule has 37 heavy (non-hydrogen) atoms. The molecule has 2 fully saturated rings. The van der Waals surface area contributed by atoms with Crippen LogP contribution in [0, 0.1) is 0 Å². The van der Waals surface area contributed by atoms with Crippen molar-refractivity contribution in [1.82, 2.24) is 9.47 Å². The molecule has 3 heterocycles. The molecule has 2 aromatic carbocycles. The Morgan fingerprint density at radius 2 is 1.51 bits per heavy atom. The van der Waals surface area contributed by atoms with Crippen molar-refractivity contribution >= 4 is 15.9 Å². The number of amides is 1. The van der Waals surface area contributed by atoms with Gasteiger partial charge < -0.3 is 19.1 Å². The van der Waals surface area contributed by atoms with Gasteiger partial charge in [0.25, 0.3) is 5.56 Å². The number of fused-ring (bicyclic) bond motifs is 2. The van der Waals surface area contributed by atoms with Gasteiger partial charge in [-0.15, -0.1) is 0 Å². The van der Waals surface area contributed by atoms with Crippen LogP contribution in [0.5, 0.6) is 17.2 Å². The average molecular weight is 525 g/mol. The highest BCUT2D eigenvalue weighted by Gasteiger charge is 2.45. The number of methoxy groups -OCH3 is 1. The van der Waals surface area contributed by atoms with Gasteiger partial charge in [0.15, 0.2) is 9.84 Å². The molecular weight excluding hydrogens is 496 g/mol. The van der Waals surface area contributed by atoms with Gasteiger partial charge in [0, 0.05) is 49.1 Å². The highest BCUT2D eigenvalue weighted by atomic mass is 32.2. The molecule has 2 unspecified atom stereocenters. The Bertz CT molecular complexity index is 1440. The highest BCUT2D eigenvalue weighted by molar-refractivity contribution is 7.90. The molecule has 2 aliphatic heterocycles. The molecule has 0 N–H and O–H groups in total. The van der Waals surface area contributed by atoms with Gasteiger partial charge in [-0.1, -0.05) is 0 Å². The molecule has 0 radical (unpaired) electrons. The number of ether oxygens (including phenoxy) is 3. The number of benzene rings is 2. The first kappa shape index (κ1) is 24.9. The van der Waals surface area contributed by atoms with Crippen LogP contribution >= 0.6 is 0 Å². The van der Waals surface area contributed by atoms with Gasteiger partial charge in [-0.2, -0.15) is 0 Å². The SMILES string of the molecule is COc1ccc(OC(=O)N2C3CCC2CC(Oc2ccn(-c4ccc(S(C)(=O)=O)cc4)c(=O)c2)C3)cc1. The Labute approximate surface area is 215 Å². The summed E-state index contributed by atoms with van der Waals surface area (Å²) in [6.07, 6.45) is 5.35. The maximum absolute atomic E-state index is 12.9. The van der Waals surface area contributed by atoms with Gasteiger partial charge in [0.2, 0.25) is 0 Å². The van der Waals surface area contributed by atoms with Crippen LogP contribution in [0.4, 0.5) is 4.79 Å². The molecule has 0 spiro atoms. The lowest BCUT2D eigenvalue weighted by Crippen LogP contribution is -2.50. The third-order valence-electron chi connectivity index (χ3n) is 6.90. The smallest absolute Gasteiger partial charge is 0.415 e. The summed E-state index contributed by atoms with van der Waals surface area (Å²) in [6, 6.07) is 16.2. The predicted molar refractivity (Wildman–Crippen MR) is 136 cm³/mol. The molecule has 9 nitrogen and oxygen atoms in total. The summed E-state index contributed by atoms with van der Waals surface area (Å²) >= 11 is 0. The maximum atomic E-state index is 12.9. The van der Waals surface area contributed by atoms with E-state index in [1.807, 2.05) is 4.90 Å². The standard InChI is InChI=1S/C27H28N2O7S/c1-34-21-7-9-22(10-8-21)36-27(31)29-19-3-4-20(29)16-24(15-19)35-23-13-14-28(26(30)17-23)18-5-11-25(12-6-18)37(2,32)33/h5-14,17,19-20,24H,3-4,15-16H2,1-2H3. The molecule has 10 heteroatoms. The van der Waals surface area contributed by atoms with E-state index in [2.05, 4.69) is 0 Å². The number of rotatable bonds is 6. The van der Waals surface area contributed by atoms with Crippen LogP contribution in [0.25, 0.3) is 5.69 Å². The lowest BCUT2D eigenvalue weighted by atomic mass is 10.0. The Hall–Kier alpha value is -3.79. The molecule has 1 aromatic heterocycles. The number of aromatic nitrogens is 1. The summed E-state index contributed by atoms with van der Waals surface area (Å²) in [4.78, 5) is 27.7. The zero-order valence-corrected chi connectivity index (χ0v) is 21.4. The third kappa shape index (κ3) is 5.34. The molecule has 2 saturated heterocycles. The second-order valence-corrected chi connectivity index (χ2v) is 11.4. The molecule has 2 bridgehead atoms. The fraction of sp³-hybridized carbons (Fsp3) is 0.333. The fourth-order valence-electron chi connectivity index (χ4n) is 5.11. The number of carbonyl (C=O) groups excluding carboxylic acids is 1. The van der Waals surface area contributed by atoms with E-state index in [9.17, 15) is 18.0 Å². The van der Waals surface area contributed by atoms with Crippen molar-refractivity contribution in [2.45, 2.75) is 48.8 Å². The van der Waals surface area contributed by atoms with Crippen LogP contribution in [0.1, 0.15) is 25.7 Å². The van der Waals surface area contributed by atoms with Gasteiger partial charge in [-0.25, -0.2) is 13.2 Å². The highest BCUT2D eigenvalue weighted by Crippen LogP contribution is 2.38. The van der Waals surface area contributed by atoms with Crippen LogP contribution < -0.4 is 19.8 Å². The molecule has 2 atom stereocenters. The van der Waals surface area contributed by atoms with Crippen molar-refractivity contribution in [1.29, 1.82) is 0 Å². The zero-order chi connectivity index (χ0) is 26.2. The van der Waals surface area contributed by atoms with E-state index < -0.39 is 9.84 Å². The predicted octanol–water partition coefficient (Wildman–Crippen LogP) is 3.82. The lowest BCUT2D eigenvalue weighted by Gasteiger charge is -2.38. The van der Waals surface area contributed by atoms with Crippen LogP contribution in [0.2, 0.25) is 0 Å². The van der Waals surface area contributed by atoms with Crippen LogP contribution in [0.15, 0.2) is 76.6 Å². The van der Waals surface area contributed by atoms with E-state index in [1.165, 1.54) is 22.8 Å². The first-order chi connectivity index (χ1) is 17.7. The van der Waals surface area contributed by atoms with Gasteiger partial charge in [-0.3, -0.25) is 9.36 Å². The van der Waals surface area contributed by atoms with Gasteiger partial charge in [0.1, 0.15) is 23.4 Å². The Morgan fingerprint density at radius 1 is 0.892 bits per heavy atom. The number of hydrogen-bond acceptors (Lipinski definition) is 7. The Balaban J connectivity index is 1.22. The van der Waals surface area contributed by atoms with Crippen LogP contribution in [0.3, 0.4) is 0 Å². The van der Waals surface area contributed by atoms with Crippen molar-refractivity contribution < 1.29 is 27.4 Å². The average Bonchev–Trinajstić information content (AvgIpc) is 3.15. The fourth-order valence-corrected chi connectivity index (χ4v) is 5.74. The molecule has 194 valence electrons. The number of pyridine rings is 1. The van der Waals surface area contributed by atoms with E-state index in [0.29, 0.717) is 35.8 Å². The van der Waals surface area contributed by atoms with Gasteiger partial charge >= 0.3 is 6.09 Å². The van der Waals surface area contributed by atoms with Crippen molar-refractivity contribution in [2.24, 2.45) is 0 Å². The second-order valence-electron chi connectivity index (χ2n) is 9.38. The van der Waals surface area contributed by atoms with Crippen LogP contribution in [-0.2, 0) is 9.84 Å². The molecule has 0 aliphatic carbocycles. The quantitative estimate of drug-likeness (QED) is 0.483. The van der Waals surface area contributed by atoms with Crippen molar-refractivity contribution in [3.63, 3.8) is 0 Å². The van der Waals surface area contributed by atoms with E-state index in [4.69, 9.17) is 14.2 Å². The second kappa shape index (κ2) is 9.93. The molecular formula is C27H28N2O7S. The summed E-state index contributed by atoms with van der Waals surface area (Å²) in [6.45, 7) is 0. The first-order valence-corrected chi connectivity index (χ1v) is 13.9. The molecule has 5 rings (SSSR count). The minimum Gasteiger partial charge on any atom is -0.497 e. The Morgan fingerprint density at radius 3 is 2.08 bits per heavy atom. The lowest BCUT2D eigenvalue weighted by molar-refractivity contribution is 0.0526. The van der Waals surface area contributed by atoms with Crippen molar-refractivity contribution in [3.8, 4) is 22.9 Å². The number of sulfone groups is 1. The normalized spacial score (nSPS) is 20.9. The Kier molecular flexibility index (Phi) is 6.68. The number of hydrogen-bond donors (Lipinski definition) is 0. The van der Waals surface area contributed by atoms with Crippen LogP contribution in [-0.4, -0.2) is 55.5 Å². The summed E-state index contributed by atoms with van der Waals surface area (Å²) in [7, 11) is -1.73. The maximum Gasteiger partial charge on any atom is 0.415 e. The van der Waals surface area contributed by atoms with Crippen molar-refractivity contribution in [2.75, 3.05) is 13.4 Å². The van der Waals surface area contributed by atoms with E-state index in [-0.39, 0.29) is 34.7 Å². The summed E-state index contributed by atoms with van der Waals surface area (Å²) < 4.78 is 41.7. The van der Waals surface area contributed by atoms with E-state index in [1.54, 1.807) is 55.8 Å². The van der Waals surface area contributed by atoms with Gasteiger partial charge in [-0.05, 0) is 67.4 Å². The summed E-state index contributed by atoms with van der Waals surface area (Å²) in [5.74, 6) is 1.62. The first-order valence-electron chi connectivity index (χ1n) is 12.1. The molecule has 1 amide bonds. The van der Waals surface area contributed by atoms with Gasteiger partial charge in [0.05, 0.1) is 12.0 Å². The molecule has 3 aromatic rings. The topological polar surface area (TPSA) is 104 Å². The van der Waals surface area contributed by atoms with E-state index >= 15 is 0 Å². The van der Waals surface area contributed by atoms with Crippen molar-refractivity contribution in [3.05, 3.63) is 77.2 Å². The minimum absolute atomic E-state index is 0.0169. The third-order valence-corrected chi connectivity index (χ3v) is 8.03. The summed E-state index contributed by atoms with van der Waals surface area (Å²) in [5, 5.41) is 0. The van der Waals surface area contributed by atoms with E-state index in [0.717, 1.165) is 19.1 Å². The monoisotopic (exact) mass is 524 g/mol. The number of carbonyl (C=O) groups is 1. The number of piperidine rings is 1. The molecule has 0 saturated carbocycles. The zero-order valence-electron chi connectivity index (χ0n) is 20.6.